The van der Waals surface area contributed by atoms with Crippen LogP contribution in [0.3, 0.4) is 0 Å². The average molecular weight is 457 g/mol. The van der Waals surface area contributed by atoms with Crippen molar-refractivity contribution in [3.63, 3.8) is 0 Å². The van der Waals surface area contributed by atoms with Crippen LogP contribution in [0.5, 0.6) is 0 Å². The van der Waals surface area contributed by atoms with E-state index in [2.05, 4.69) is 39.9 Å². The monoisotopic (exact) mass is 456 g/mol. The Morgan fingerprint density at radius 2 is 1.76 bits per heavy atom. The van der Waals surface area contributed by atoms with Crippen molar-refractivity contribution >= 4 is 23.7 Å². The summed E-state index contributed by atoms with van der Waals surface area (Å²) in [5.74, 6) is -0.620. The molecule has 1 saturated heterocycles. The van der Waals surface area contributed by atoms with Gasteiger partial charge >= 0.3 is 12.0 Å². The first-order valence-corrected chi connectivity index (χ1v) is 11.9. The minimum Gasteiger partial charge on any atom is -0.456 e. The summed E-state index contributed by atoms with van der Waals surface area (Å²) in [6.45, 7) is 9.87. The van der Waals surface area contributed by atoms with Crippen molar-refractivity contribution in [3.8, 4) is 0 Å². The molecule has 1 aliphatic carbocycles. The minimum atomic E-state index is -0.925. The van der Waals surface area contributed by atoms with Gasteiger partial charge in [0.05, 0.1) is 0 Å². The number of esters is 1. The molecule has 1 N–H and O–H groups in total. The van der Waals surface area contributed by atoms with Crippen molar-refractivity contribution in [2.45, 2.75) is 78.2 Å². The Morgan fingerprint density at radius 3 is 2.30 bits per heavy atom. The number of Topliss-reactive ketones (excluding diaryl/α,β-unsaturated/α-hetero) is 1. The van der Waals surface area contributed by atoms with Gasteiger partial charge in [-0.15, -0.1) is 0 Å². The lowest BCUT2D eigenvalue weighted by molar-refractivity contribution is -0.147. The lowest BCUT2D eigenvalue weighted by Crippen LogP contribution is -2.51. The molecular formula is C26H36N2O5. The number of carbonyl (C=O) groups is 4. The Labute approximate surface area is 196 Å². The molecule has 0 bridgehead atoms. The molecule has 1 saturated carbocycles. The molecule has 180 valence electrons. The maximum atomic E-state index is 13.1. The van der Waals surface area contributed by atoms with Crippen LogP contribution in [0.2, 0.25) is 0 Å². The van der Waals surface area contributed by atoms with Gasteiger partial charge in [-0.3, -0.25) is 19.3 Å². The average Bonchev–Trinajstić information content (AvgIpc) is 3.01. The largest absolute Gasteiger partial charge is 0.456 e. The molecule has 1 aromatic carbocycles. The van der Waals surface area contributed by atoms with E-state index in [1.807, 2.05) is 12.1 Å². The van der Waals surface area contributed by atoms with Crippen LogP contribution < -0.4 is 5.32 Å². The fourth-order valence-electron chi connectivity index (χ4n) is 4.80. The van der Waals surface area contributed by atoms with Gasteiger partial charge in [0.25, 0.3) is 5.91 Å². The van der Waals surface area contributed by atoms with Gasteiger partial charge in [-0.2, -0.15) is 0 Å². The zero-order chi connectivity index (χ0) is 24.4. The smallest absolute Gasteiger partial charge is 0.326 e. The molecule has 2 fully saturated rings. The van der Waals surface area contributed by atoms with Crippen LogP contribution in [0.15, 0.2) is 24.3 Å². The highest BCUT2D eigenvalue weighted by atomic mass is 16.5. The number of carbonyl (C=O) groups excluding carboxylic acids is 4. The summed E-state index contributed by atoms with van der Waals surface area (Å²) in [5, 5.41) is 2.83. The van der Waals surface area contributed by atoms with Crippen molar-refractivity contribution in [3.05, 3.63) is 35.4 Å². The fourth-order valence-corrected chi connectivity index (χ4v) is 4.80. The van der Waals surface area contributed by atoms with Gasteiger partial charge in [0.15, 0.2) is 12.4 Å². The third-order valence-electron chi connectivity index (χ3n) is 7.65. The number of ether oxygens (including phenoxy) is 1. The number of nitrogens with one attached hydrogen (secondary N) is 1. The van der Waals surface area contributed by atoms with E-state index in [4.69, 9.17) is 4.74 Å². The summed E-state index contributed by atoms with van der Waals surface area (Å²) >= 11 is 0. The van der Waals surface area contributed by atoms with Gasteiger partial charge in [-0.25, -0.2) is 4.79 Å². The van der Waals surface area contributed by atoms with Crippen LogP contribution >= 0.6 is 0 Å². The quantitative estimate of drug-likeness (QED) is 0.354. The maximum absolute atomic E-state index is 13.1. The Balaban J connectivity index is 1.53. The number of urea groups is 1. The summed E-state index contributed by atoms with van der Waals surface area (Å²) in [6, 6.07) is 6.61. The second kappa shape index (κ2) is 9.65. The predicted molar refractivity (Wildman–Crippen MR) is 125 cm³/mol. The second-order valence-corrected chi connectivity index (χ2v) is 10.4. The molecule has 3 amide bonds. The predicted octanol–water partition coefficient (Wildman–Crippen LogP) is 4.45. The Kier molecular flexibility index (Phi) is 7.29. The number of imide groups is 1. The van der Waals surface area contributed by atoms with Crippen LogP contribution in [0.4, 0.5) is 4.79 Å². The molecule has 7 heteroatoms. The highest BCUT2D eigenvalue weighted by molar-refractivity contribution is 6.09. The summed E-state index contributed by atoms with van der Waals surface area (Å²) in [7, 11) is 0. The van der Waals surface area contributed by atoms with Crippen LogP contribution in [-0.2, 0) is 14.3 Å². The molecule has 33 heavy (non-hydrogen) atoms. The van der Waals surface area contributed by atoms with E-state index in [1.54, 1.807) is 12.1 Å². The Bertz CT molecular complexity index is 911. The number of nitrogens with zero attached hydrogens (tertiary/aromatic N) is 1. The third-order valence-corrected chi connectivity index (χ3v) is 7.65. The third kappa shape index (κ3) is 5.28. The van der Waals surface area contributed by atoms with E-state index < -0.39 is 30.7 Å². The summed E-state index contributed by atoms with van der Waals surface area (Å²) in [5.41, 5.74) is 0.834. The molecule has 0 aromatic heterocycles. The molecule has 0 radical (unpaired) electrons. The first-order valence-electron chi connectivity index (χ1n) is 11.9. The van der Waals surface area contributed by atoms with Crippen molar-refractivity contribution < 1.29 is 23.9 Å². The molecule has 2 aliphatic rings. The van der Waals surface area contributed by atoms with Crippen molar-refractivity contribution in [2.24, 2.45) is 11.3 Å². The van der Waals surface area contributed by atoms with Crippen LogP contribution in [0.1, 0.15) is 88.6 Å². The number of benzene rings is 1. The number of ketones is 1. The van der Waals surface area contributed by atoms with Crippen LogP contribution in [-0.4, -0.2) is 47.3 Å². The van der Waals surface area contributed by atoms with Crippen LogP contribution in [0.25, 0.3) is 0 Å². The minimum absolute atomic E-state index is 0.193. The van der Waals surface area contributed by atoms with Gasteiger partial charge < -0.3 is 10.1 Å². The van der Waals surface area contributed by atoms with E-state index in [1.165, 1.54) is 0 Å². The number of amides is 3. The van der Waals surface area contributed by atoms with Crippen molar-refractivity contribution in [2.75, 3.05) is 13.2 Å². The van der Waals surface area contributed by atoms with E-state index in [0.717, 1.165) is 29.7 Å². The first kappa shape index (κ1) is 24.9. The van der Waals surface area contributed by atoms with Crippen LogP contribution in [0, 0.1) is 11.3 Å². The fraction of sp³-hybridized carbons (Fsp3) is 0.615. The number of rotatable bonds is 8. The van der Waals surface area contributed by atoms with E-state index >= 15 is 0 Å². The molecular weight excluding hydrogens is 420 g/mol. The van der Waals surface area contributed by atoms with Gasteiger partial charge in [0, 0.05) is 5.56 Å². The zero-order valence-electron chi connectivity index (χ0n) is 20.4. The molecule has 1 heterocycles. The summed E-state index contributed by atoms with van der Waals surface area (Å²) in [6.07, 6.45) is 3.91. The Morgan fingerprint density at radius 1 is 1.15 bits per heavy atom. The highest BCUT2D eigenvalue weighted by Gasteiger charge is 2.53. The topological polar surface area (TPSA) is 92.8 Å². The summed E-state index contributed by atoms with van der Waals surface area (Å²) < 4.78 is 5.08. The standard InChI is InChI=1S/C26H36N2O5/c1-6-25(4,5)20-11-13-26(14-12-20)23(31)28(24(32)27-26)15-22(30)33-16-21(29)19-9-7-18(8-10-19)17(2)3/h7-10,17,20H,6,11-16H2,1-5H3,(H,27,32). The highest BCUT2D eigenvalue weighted by Crippen LogP contribution is 2.45. The van der Waals surface area contributed by atoms with Crippen molar-refractivity contribution in [1.82, 2.24) is 10.2 Å². The second-order valence-electron chi connectivity index (χ2n) is 10.4. The van der Waals surface area contributed by atoms with Crippen molar-refractivity contribution in [1.29, 1.82) is 0 Å². The lowest BCUT2D eigenvalue weighted by Gasteiger charge is -2.42. The zero-order valence-corrected chi connectivity index (χ0v) is 20.4. The van der Waals surface area contributed by atoms with E-state index in [9.17, 15) is 19.2 Å². The molecule has 1 aliphatic heterocycles. The molecule has 1 aromatic rings. The number of hydrogen-bond acceptors (Lipinski definition) is 5. The molecule has 0 unspecified atom stereocenters. The Hall–Kier alpha value is -2.70. The summed E-state index contributed by atoms with van der Waals surface area (Å²) in [4.78, 5) is 51.1. The normalized spacial score (nSPS) is 23.2. The van der Waals surface area contributed by atoms with Gasteiger partial charge in [0.2, 0.25) is 0 Å². The molecule has 1 spiro atoms. The first-order chi connectivity index (χ1) is 15.5. The van der Waals surface area contributed by atoms with Gasteiger partial charge in [-0.05, 0) is 48.5 Å². The molecule has 7 nitrogen and oxygen atoms in total. The number of hydrogen-bond donors (Lipinski definition) is 1. The van der Waals surface area contributed by atoms with E-state index in [0.29, 0.717) is 30.2 Å². The van der Waals surface area contributed by atoms with Gasteiger partial charge in [0.1, 0.15) is 12.1 Å². The SMILES string of the molecule is CCC(C)(C)C1CCC2(CC1)NC(=O)N(CC(=O)OCC(=O)c1ccc(C(C)C)cc1)C2=O. The molecule has 0 atom stereocenters. The van der Waals surface area contributed by atoms with Gasteiger partial charge in [-0.1, -0.05) is 65.3 Å². The van der Waals surface area contributed by atoms with E-state index in [-0.39, 0.29) is 17.1 Å². The lowest BCUT2D eigenvalue weighted by atomic mass is 9.65. The maximum Gasteiger partial charge on any atom is 0.326 e. The molecule has 3 rings (SSSR count).